The molecule has 0 aliphatic heterocycles. The molecule has 0 atom stereocenters. The predicted octanol–water partition coefficient (Wildman–Crippen LogP) is 2.09. The highest BCUT2D eigenvalue weighted by Crippen LogP contribution is 2.24. The van der Waals surface area contributed by atoms with E-state index in [1.54, 1.807) is 0 Å². The van der Waals surface area contributed by atoms with E-state index in [-0.39, 0.29) is 18.0 Å². The van der Waals surface area contributed by atoms with Crippen molar-refractivity contribution in [1.82, 2.24) is 0 Å². The number of rotatable bonds is 4. The number of hydrogen-bond donors (Lipinski definition) is 0. The molecule has 1 aliphatic rings. The second-order valence-corrected chi connectivity index (χ2v) is 3.91. The second-order valence-electron chi connectivity index (χ2n) is 3.91. The lowest BCUT2D eigenvalue weighted by molar-refractivity contribution is -0.151. The zero-order chi connectivity index (χ0) is 10.4. The van der Waals surface area contributed by atoms with Gasteiger partial charge in [0.1, 0.15) is 12.4 Å². The van der Waals surface area contributed by atoms with E-state index < -0.39 is 0 Å². The molecule has 0 aromatic rings. The molecule has 0 unspecified atom stereocenters. The average molecular weight is 198 g/mol. The number of carbonyl (C=O) groups is 2. The van der Waals surface area contributed by atoms with Gasteiger partial charge in [-0.3, -0.25) is 4.79 Å². The van der Waals surface area contributed by atoms with Crippen LogP contribution in [0, 0.1) is 5.92 Å². The summed E-state index contributed by atoms with van der Waals surface area (Å²) in [7, 11) is 0. The lowest BCUT2D eigenvalue weighted by Crippen LogP contribution is -2.24. The number of esters is 1. The molecule has 0 saturated heterocycles. The van der Waals surface area contributed by atoms with Gasteiger partial charge in [-0.05, 0) is 32.1 Å². The van der Waals surface area contributed by atoms with Crippen LogP contribution >= 0.6 is 0 Å². The summed E-state index contributed by atoms with van der Waals surface area (Å²) in [5.41, 5.74) is 0. The van der Waals surface area contributed by atoms with Crippen LogP contribution in [0.25, 0.3) is 0 Å². The van der Waals surface area contributed by atoms with Gasteiger partial charge in [-0.1, -0.05) is 6.92 Å². The van der Waals surface area contributed by atoms with E-state index in [0.717, 1.165) is 38.4 Å². The van der Waals surface area contributed by atoms with Crippen LogP contribution in [0.2, 0.25) is 0 Å². The van der Waals surface area contributed by atoms with Crippen LogP contribution in [-0.4, -0.2) is 18.4 Å². The van der Waals surface area contributed by atoms with E-state index in [4.69, 9.17) is 4.74 Å². The first-order valence-corrected chi connectivity index (χ1v) is 5.41. The smallest absolute Gasteiger partial charge is 0.306 e. The third kappa shape index (κ3) is 3.48. The van der Waals surface area contributed by atoms with Crippen molar-refractivity contribution in [2.75, 3.05) is 0 Å². The Morgan fingerprint density at radius 3 is 2.50 bits per heavy atom. The van der Waals surface area contributed by atoms with Crippen LogP contribution in [0.4, 0.5) is 0 Å². The number of hydrogen-bond acceptors (Lipinski definition) is 3. The molecule has 0 heterocycles. The molecule has 1 saturated carbocycles. The summed E-state index contributed by atoms with van der Waals surface area (Å²) in [6.07, 6.45) is 5.85. The Hall–Kier alpha value is -0.860. The fourth-order valence-electron chi connectivity index (χ4n) is 1.79. The highest BCUT2D eigenvalue weighted by atomic mass is 16.5. The highest BCUT2D eigenvalue weighted by molar-refractivity contribution is 5.69. The Morgan fingerprint density at radius 2 is 2.00 bits per heavy atom. The summed E-state index contributed by atoms with van der Waals surface area (Å²) in [5.74, 6) is 0.0955. The number of ether oxygens (including phenoxy) is 1. The van der Waals surface area contributed by atoms with E-state index in [2.05, 4.69) is 0 Å². The van der Waals surface area contributed by atoms with Crippen molar-refractivity contribution < 1.29 is 14.3 Å². The molecule has 1 rings (SSSR count). The molecule has 0 aromatic carbocycles. The van der Waals surface area contributed by atoms with Gasteiger partial charge < -0.3 is 9.53 Å². The van der Waals surface area contributed by atoms with Crippen molar-refractivity contribution in [3.63, 3.8) is 0 Å². The molecule has 80 valence electrons. The van der Waals surface area contributed by atoms with Crippen molar-refractivity contribution in [1.29, 1.82) is 0 Å². The minimum absolute atomic E-state index is 0.0604. The second kappa shape index (κ2) is 5.78. The summed E-state index contributed by atoms with van der Waals surface area (Å²) in [6.45, 7) is 1.96. The molecule has 0 radical (unpaired) electrons. The van der Waals surface area contributed by atoms with Gasteiger partial charge in [-0.2, -0.15) is 0 Å². The first kappa shape index (κ1) is 11.2. The molecule has 0 spiro atoms. The van der Waals surface area contributed by atoms with Crippen LogP contribution in [0.3, 0.4) is 0 Å². The van der Waals surface area contributed by atoms with Gasteiger partial charge in [-0.25, -0.2) is 0 Å². The molecule has 3 heteroatoms. The maximum absolute atomic E-state index is 11.2. The molecule has 14 heavy (non-hydrogen) atoms. The van der Waals surface area contributed by atoms with Crippen LogP contribution in [0.5, 0.6) is 0 Å². The summed E-state index contributed by atoms with van der Waals surface area (Å²) in [4.78, 5) is 21.7. The third-order valence-electron chi connectivity index (χ3n) is 2.66. The number of carbonyl (C=O) groups excluding carboxylic acids is 2. The van der Waals surface area contributed by atoms with E-state index in [9.17, 15) is 9.59 Å². The molecule has 3 nitrogen and oxygen atoms in total. The summed E-state index contributed by atoms with van der Waals surface area (Å²) >= 11 is 0. The lowest BCUT2D eigenvalue weighted by Gasteiger charge is -2.25. The van der Waals surface area contributed by atoms with Gasteiger partial charge in [0.15, 0.2) is 0 Å². The molecular weight excluding hydrogens is 180 g/mol. The Morgan fingerprint density at radius 1 is 1.36 bits per heavy atom. The van der Waals surface area contributed by atoms with E-state index in [1.165, 1.54) is 0 Å². The van der Waals surface area contributed by atoms with Crippen molar-refractivity contribution in [3.05, 3.63) is 0 Å². The Bertz CT molecular complexity index is 193. The minimum Gasteiger partial charge on any atom is -0.462 e. The fraction of sp³-hybridized carbons (Fsp3) is 0.818. The first-order chi connectivity index (χ1) is 6.76. The lowest BCUT2D eigenvalue weighted by atomic mass is 9.88. The van der Waals surface area contributed by atoms with E-state index >= 15 is 0 Å². The predicted molar refractivity (Wildman–Crippen MR) is 52.8 cm³/mol. The zero-order valence-corrected chi connectivity index (χ0v) is 8.70. The van der Waals surface area contributed by atoms with Gasteiger partial charge in [-0.15, -0.1) is 0 Å². The average Bonchev–Trinajstić information content (AvgIpc) is 2.19. The van der Waals surface area contributed by atoms with Crippen LogP contribution in [-0.2, 0) is 14.3 Å². The monoisotopic (exact) mass is 198 g/mol. The Kier molecular flexibility index (Phi) is 4.63. The van der Waals surface area contributed by atoms with Gasteiger partial charge >= 0.3 is 5.97 Å². The van der Waals surface area contributed by atoms with Gasteiger partial charge in [0.2, 0.25) is 0 Å². The molecule has 0 N–H and O–H groups in total. The molecule has 0 aromatic heterocycles. The molecular formula is C11H18O3. The zero-order valence-electron chi connectivity index (χ0n) is 8.70. The van der Waals surface area contributed by atoms with E-state index in [1.807, 2.05) is 6.92 Å². The summed E-state index contributed by atoms with van der Waals surface area (Å²) < 4.78 is 5.27. The summed E-state index contributed by atoms with van der Waals surface area (Å²) in [6, 6.07) is 0. The molecule has 0 bridgehead atoms. The highest BCUT2D eigenvalue weighted by Gasteiger charge is 2.22. The van der Waals surface area contributed by atoms with Crippen molar-refractivity contribution in [3.8, 4) is 0 Å². The first-order valence-electron chi connectivity index (χ1n) is 5.41. The number of aldehydes is 1. The quantitative estimate of drug-likeness (QED) is 0.513. The third-order valence-corrected chi connectivity index (χ3v) is 2.66. The van der Waals surface area contributed by atoms with Gasteiger partial charge in [0.25, 0.3) is 0 Å². The maximum atomic E-state index is 11.2. The van der Waals surface area contributed by atoms with Crippen LogP contribution in [0.1, 0.15) is 45.4 Å². The van der Waals surface area contributed by atoms with Crippen LogP contribution in [0.15, 0.2) is 0 Å². The van der Waals surface area contributed by atoms with E-state index in [0.29, 0.717) is 6.42 Å². The van der Waals surface area contributed by atoms with Crippen LogP contribution < -0.4 is 0 Å². The normalized spacial score (nSPS) is 26.9. The van der Waals surface area contributed by atoms with Gasteiger partial charge in [0, 0.05) is 12.3 Å². The molecule has 1 fully saturated rings. The Labute approximate surface area is 84.8 Å². The Balaban J connectivity index is 2.21. The van der Waals surface area contributed by atoms with Crippen molar-refractivity contribution in [2.24, 2.45) is 5.92 Å². The maximum Gasteiger partial charge on any atom is 0.306 e. The van der Waals surface area contributed by atoms with Crippen molar-refractivity contribution in [2.45, 2.75) is 51.6 Å². The topological polar surface area (TPSA) is 43.4 Å². The molecule has 1 aliphatic carbocycles. The molecule has 0 amide bonds. The standard InChI is InChI=1S/C11H18O3/c1-2-3-11(13)14-10-6-4-9(8-12)5-7-10/h8-10H,2-7H2,1H3. The summed E-state index contributed by atoms with van der Waals surface area (Å²) in [5, 5.41) is 0. The fourth-order valence-corrected chi connectivity index (χ4v) is 1.79. The van der Waals surface area contributed by atoms with Gasteiger partial charge in [0.05, 0.1) is 0 Å². The SMILES string of the molecule is CCCC(=O)OC1CCC(C=O)CC1. The largest absolute Gasteiger partial charge is 0.462 e. The minimum atomic E-state index is -0.0953. The van der Waals surface area contributed by atoms with Crippen molar-refractivity contribution >= 4 is 12.3 Å².